The van der Waals surface area contributed by atoms with Gasteiger partial charge in [0.15, 0.2) is 6.10 Å². The third kappa shape index (κ3) is 10.5. The first kappa shape index (κ1) is 27.5. The van der Waals surface area contributed by atoms with E-state index in [9.17, 15) is 44.6 Å². The molecule has 0 amide bonds. The van der Waals surface area contributed by atoms with Crippen molar-refractivity contribution in [3.63, 3.8) is 0 Å². The average Bonchev–Trinajstić information content (AvgIpc) is 2.67. The Bertz CT molecular complexity index is 854. The molecule has 0 saturated carbocycles. The molecule has 2 aromatic carbocycles. The van der Waals surface area contributed by atoms with Gasteiger partial charge < -0.3 is 14.6 Å². The highest BCUT2D eigenvalue weighted by Gasteiger charge is 2.39. The van der Waals surface area contributed by atoms with E-state index in [1.807, 2.05) is 0 Å². The number of alkyl halides is 9. The first-order chi connectivity index (χ1) is 15.6. The van der Waals surface area contributed by atoms with Crippen LogP contribution in [0.15, 0.2) is 48.5 Å². The van der Waals surface area contributed by atoms with Gasteiger partial charge in [0.25, 0.3) is 0 Å². The Morgan fingerprint density at radius 2 is 1.12 bits per heavy atom. The van der Waals surface area contributed by atoms with E-state index >= 15 is 0 Å². The van der Waals surface area contributed by atoms with E-state index in [-0.39, 0.29) is 24.2 Å². The van der Waals surface area contributed by atoms with Crippen molar-refractivity contribution < 1.29 is 54.1 Å². The molecule has 2 aromatic rings. The molecule has 0 heterocycles. The summed E-state index contributed by atoms with van der Waals surface area (Å²) in [6, 6.07) is 9.41. The second kappa shape index (κ2) is 11.1. The maximum absolute atomic E-state index is 12.8. The Morgan fingerprint density at radius 1 is 0.706 bits per heavy atom. The average molecular weight is 506 g/mol. The van der Waals surface area contributed by atoms with Gasteiger partial charge in [-0.25, -0.2) is 0 Å². The summed E-state index contributed by atoms with van der Waals surface area (Å²) in [4.78, 5) is 0. The predicted octanol–water partition coefficient (Wildman–Crippen LogP) is 5.00. The third-order valence-electron chi connectivity index (χ3n) is 4.21. The van der Waals surface area contributed by atoms with Crippen LogP contribution in [-0.4, -0.2) is 36.3 Å². The summed E-state index contributed by atoms with van der Waals surface area (Å²) in [5.74, 6) is -1.07. The van der Waals surface area contributed by atoms with Crippen molar-refractivity contribution in [3.05, 3.63) is 59.7 Å². The SMILES string of the molecule is OC(CC(NCc1cccc(OC(F)(F)F)c1)NCc1cccc(OC(F)(F)F)c1)C(F)(F)F. The minimum Gasteiger partial charge on any atom is -0.406 e. The Balaban J connectivity index is 2.07. The number of halogens is 9. The van der Waals surface area contributed by atoms with Gasteiger partial charge in [0.1, 0.15) is 11.5 Å². The van der Waals surface area contributed by atoms with Crippen LogP contribution in [0.25, 0.3) is 0 Å². The van der Waals surface area contributed by atoms with Crippen molar-refractivity contribution in [2.75, 3.05) is 0 Å². The Kier molecular flexibility index (Phi) is 9.02. The maximum atomic E-state index is 12.8. The molecular weight excluding hydrogens is 487 g/mol. The van der Waals surface area contributed by atoms with Crippen molar-refractivity contribution in [2.45, 2.75) is 50.7 Å². The zero-order valence-electron chi connectivity index (χ0n) is 17.1. The van der Waals surface area contributed by atoms with Crippen molar-refractivity contribution in [1.82, 2.24) is 10.6 Å². The van der Waals surface area contributed by atoms with Crippen LogP contribution in [0, 0.1) is 0 Å². The van der Waals surface area contributed by atoms with Crippen LogP contribution in [0.2, 0.25) is 0 Å². The summed E-state index contributed by atoms with van der Waals surface area (Å²) in [5.41, 5.74) is 0.464. The first-order valence-corrected chi connectivity index (χ1v) is 9.52. The quantitative estimate of drug-likeness (QED) is 0.313. The highest BCUT2D eigenvalue weighted by Crippen LogP contribution is 2.26. The van der Waals surface area contributed by atoms with Crippen LogP contribution < -0.4 is 20.1 Å². The summed E-state index contributed by atoms with van der Waals surface area (Å²) >= 11 is 0. The van der Waals surface area contributed by atoms with Crippen LogP contribution in [-0.2, 0) is 13.1 Å². The number of rotatable bonds is 10. The van der Waals surface area contributed by atoms with Gasteiger partial charge in [0.05, 0.1) is 6.17 Å². The molecule has 0 spiro atoms. The van der Waals surface area contributed by atoms with Crippen molar-refractivity contribution in [3.8, 4) is 11.5 Å². The third-order valence-corrected chi connectivity index (χ3v) is 4.21. The summed E-state index contributed by atoms with van der Waals surface area (Å²) in [6.45, 7) is -0.428. The van der Waals surface area contributed by atoms with E-state index < -0.39 is 49.1 Å². The molecule has 1 unspecified atom stereocenters. The maximum Gasteiger partial charge on any atom is 0.573 e. The number of nitrogens with one attached hydrogen (secondary N) is 2. The molecule has 1 atom stereocenters. The molecule has 190 valence electrons. The molecule has 2 rings (SSSR count). The van der Waals surface area contributed by atoms with Crippen molar-refractivity contribution in [2.24, 2.45) is 0 Å². The van der Waals surface area contributed by atoms with Gasteiger partial charge in [-0.05, 0) is 35.4 Å². The van der Waals surface area contributed by atoms with Crippen LogP contribution >= 0.6 is 0 Å². The predicted molar refractivity (Wildman–Crippen MR) is 100 cm³/mol. The lowest BCUT2D eigenvalue weighted by Crippen LogP contribution is -2.46. The topological polar surface area (TPSA) is 62.8 Å². The zero-order chi connectivity index (χ0) is 25.6. The van der Waals surface area contributed by atoms with E-state index in [1.54, 1.807) is 0 Å². The molecule has 0 aliphatic heterocycles. The summed E-state index contributed by atoms with van der Waals surface area (Å²) in [5, 5.41) is 14.7. The molecule has 5 nitrogen and oxygen atoms in total. The van der Waals surface area contributed by atoms with Crippen LogP contribution in [0.4, 0.5) is 39.5 Å². The molecule has 0 bridgehead atoms. The minimum atomic E-state index is -4.94. The molecule has 0 fully saturated rings. The lowest BCUT2D eigenvalue weighted by Gasteiger charge is -2.24. The molecule has 14 heteroatoms. The van der Waals surface area contributed by atoms with Gasteiger partial charge in [-0.3, -0.25) is 10.6 Å². The van der Waals surface area contributed by atoms with Crippen LogP contribution in [0.1, 0.15) is 17.5 Å². The Labute approximate surface area is 187 Å². The minimum absolute atomic E-state index is 0.214. The smallest absolute Gasteiger partial charge is 0.406 e. The van der Waals surface area contributed by atoms with E-state index in [0.717, 1.165) is 24.3 Å². The normalized spacial score (nSPS) is 13.7. The standard InChI is InChI=1S/C20H19F9N2O3/c21-18(22,23)16(32)9-17(30-10-12-3-1-5-14(7-12)33-19(24,25)26)31-11-13-4-2-6-15(8-13)34-20(27,28)29/h1-8,16-17,30-32H,9-11H2. The van der Waals surface area contributed by atoms with Gasteiger partial charge >= 0.3 is 18.9 Å². The molecule has 0 aliphatic rings. The Morgan fingerprint density at radius 3 is 1.47 bits per heavy atom. The largest absolute Gasteiger partial charge is 0.573 e. The van der Waals surface area contributed by atoms with E-state index in [4.69, 9.17) is 0 Å². The van der Waals surface area contributed by atoms with E-state index in [1.165, 1.54) is 24.3 Å². The lowest BCUT2D eigenvalue weighted by molar-refractivity contribution is -0.275. The zero-order valence-corrected chi connectivity index (χ0v) is 17.1. The molecule has 34 heavy (non-hydrogen) atoms. The number of hydrogen-bond acceptors (Lipinski definition) is 5. The molecular formula is C20H19F9N2O3. The number of benzene rings is 2. The van der Waals surface area contributed by atoms with Crippen LogP contribution in [0.3, 0.4) is 0 Å². The summed E-state index contributed by atoms with van der Waals surface area (Å²) in [7, 11) is 0. The number of aliphatic hydroxyl groups is 1. The molecule has 0 radical (unpaired) electrons. The highest BCUT2D eigenvalue weighted by atomic mass is 19.4. The van der Waals surface area contributed by atoms with Gasteiger partial charge in [0.2, 0.25) is 0 Å². The fourth-order valence-electron chi connectivity index (χ4n) is 2.78. The van der Waals surface area contributed by atoms with E-state index in [2.05, 4.69) is 20.1 Å². The molecule has 0 aliphatic carbocycles. The second-order valence-electron chi connectivity index (χ2n) is 7.00. The van der Waals surface area contributed by atoms with Gasteiger partial charge in [-0.15, -0.1) is 26.3 Å². The fraction of sp³-hybridized carbons (Fsp3) is 0.400. The van der Waals surface area contributed by atoms with Gasteiger partial charge in [-0.1, -0.05) is 24.3 Å². The number of hydrogen-bond donors (Lipinski definition) is 3. The molecule has 0 saturated heterocycles. The Hall–Kier alpha value is -2.71. The van der Waals surface area contributed by atoms with Crippen molar-refractivity contribution >= 4 is 0 Å². The lowest BCUT2D eigenvalue weighted by atomic mass is 10.1. The van der Waals surface area contributed by atoms with Gasteiger partial charge in [-0.2, -0.15) is 13.2 Å². The summed E-state index contributed by atoms with van der Waals surface area (Å²) < 4.78 is 120. The monoisotopic (exact) mass is 506 g/mol. The number of aliphatic hydroxyl groups excluding tert-OH is 1. The van der Waals surface area contributed by atoms with Crippen molar-refractivity contribution in [1.29, 1.82) is 0 Å². The highest BCUT2D eigenvalue weighted by molar-refractivity contribution is 5.29. The molecule has 0 aromatic heterocycles. The molecule has 3 N–H and O–H groups in total. The van der Waals surface area contributed by atoms with Crippen LogP contribution in [0.5, 0.6) is 11.5 Å². The summed E-state index contributed by atoms with van der Waals surface area (Å²) in [6.07, 6.45) is -19.7. The second-order valence-corrected chi connectivity index (χ2v) is 7.00. The number of ether oxygens (including phenoxy) is 2. The fourth-order valence-corrected chi connectivity index (χ4v) is 2.78. The first-order valence-electron chi connectivity index (χ1n) is 9.52. The van der Waals surface area contributed by atoms with Gasteiger partial charge in [0, 0.05) is 19.5 Å². The van der Waals surface area contributed by atoms with E-state index in [0.29, 0.717) is 0 Å².